The van der Waals surface area contributed by atoms with Crippen molar-refractivity contribution in [2.75, 3.05) is 0 Å². The van der Waals surface area contributed by atoms with E-state index in [4.69, 9.17) is 5.73 Å². The summed E-state index contributed by atoms with van der Waals surface area (Å²) in [5.41, 5.74) is 6.95. The number of hydrogen-bond donors (Lipinski definition) is 1. The molecule has 5 heteroatoms. The zero-order valence-corrected chi connectivity index (χ0v) is 11.4. The molecule has 2 N–H and O–H groups in total. The number of nitrogens with two attached hydrogens (primary N) is 1. The van der Waals surface area contributed by atoms with Crippen molar-refractivity contribution in [1.82, 2.24) is 0 Å². The maximum absolute atomic E-state index is 13.4. The molecule has 0 saturated carbocycles. The zero-order chi connectivity index (χ0) is 14.0. The summed E-state index contributed by atoms with van der Waals surface area (Å²) in [4.78, 5) is 0. The molecule has 2 aromatic rings. The van der Waals surface area contributed by atoms with E-state index in [1.807, 2.05) is 0 Å². The first kappa shape index (κ1) is 14.1. The first-order valence-electron chi connectivity index (χ1n) is 5.62. The Morgan fingerprint density at radius 1 is 1.05 bits per heavy atom. The molecule has 0 aliphatic rings. The number of hydrogen-bond acceptors (Lipinski definition) is 1. The average Bonchev–Trinajstić information content (AvgIpc) is 2.31. The van der Waals surface area contributed by atoms with Gasteiger partial charge in [-0.25, -0.2) is 13.2 Å². The molecule has 19 heavy (non-hydrogen) atoms. The van der Waals surface area contributed by atoms with E-state index in [1.54, 1.807) is 12.1 Å². The molecule has 2 aromatic carbocycles. The third kappa shape index (κ3) is 3.36. The molecule has 0 fully saturated rings. The molecule has 0 radical (unpaired) electrons. The van der Waals surface area contributed by atoms with Crippen molar-refractivity contribution < 1.29 is 13.2 Å². The molecule has 0 bridgehead atoms. The molecular weight excluding hydrogens is 319 g/mol. The van der Waals surface area contributed by atoms with Gasteiger partial charge in [-0.15, -0.1) is 0 Å². The molecule has 0 heterocycles. The van der Waals surface area contributed by atoms with E-state index in [-0.39, 0.29) is 10.9 Å². The third-order valence-corrected chi connectivity index (χ3v) is 3.60. The van der Waals surface area contributed by atoms with Crippen molar-refractivity contribution in [2.45, 2.75) is 12.5 Å². The van der Waals surface area contributed by atoms with Crippen molar-refractivity contribution >= 4 is 15.9 Å². The Bertz CT molecular complexity index is 581. The first-order chi connectivity index (χ1) is 8.97. The lowest BCUT2D eigenvalue weighted by atomic mass is 9.99. The van der Waals surface area contributed by atoms with Crippen LogP contribution in [0.2, 0.25) is 0 Å². The van der Waals surface area contributed by atoms with Crippen LogP contribution in [-0.4, -0.2) is 0 Å². The predicted octanol–water partition coefficient (Wildman–Crippen LogP) is 4.11. The second kappa shape index (κ2) is 5.75. The fraction of sp³-hybridized carbons (Fsp3) is 0.143. The van der Waals surface area contributed by atoms with Gasteiger partial charge in [0.1, 0.15) is 17.5 Å². The van der Waals surface area contributed by atoms with Crippen molar-refractivity contribution in [2.24, 2.45) is 5.73 Å². The van der Waals surface area contributed by atoms with E-state index >= 15 is 0 Å². The highest BCUT2D eigenvalue weighted by Gasteiger charge is 2.14. The molecule has 0 aliphatic carbocycles. The van der Waals surface area contributed by atoms with E-state index in [9.17, 15) is 13.2 Å². The summed E-state index contributed by atoms with van der Waals surface area (Å²) in [5, 5.41) is 0. The van der Waals surface area contributed by atoms with Crippen LogP contribution in [0.1, 0.15) is 17.2 Å². The fourth-order valence-electron chi connectivity index (χ4n) is 1.90. The molecule has 2 rings (SSSR count). The van der Waals surface area contributed by atoms with Crippen LogP contribution < -0.4 is 5.73 Å². The van der Waals surface area contributed by atoms with Gasteiger partial charge in [-0.2, -0.15) is 0 Å². The highest BCUT2D eigenvalue weighted by molar-refractivity contribution is 9.10. The minimum absolute atomic E-state index is 0.219. The van der Waals surface area contributed by atoms with E-state index in [2.05, 4.69) is 15.9 Å². The van der Waals surface area contributed by atoms with E-state index in [0.717, 1.165) is 6.07 Å². The van der Waals surface area contributed by atoms with Crippen LogP contribution in [0.25, 0.3) is 0 Å². The molecular formula is C14H11BrF3N. The number of rotatable bonds is 3. The van der Waals surface area contributed by atoms with Crippen LogP contribution in [0.4, 0.5) is 13.2 Å². The summed E-state index contributed by atoms with van der Waals surface area (Å²) < 4.78 is 39.8. The Labute approximate surface area is 117 Å². The van der Waals surface area contributed by atoms with Crippen LogP contribution in [0, 0.1) is 17.5 Å². The van der Waals surface area contributed by atoms with Gasteiger partial charge in [-0.1, -0.05) is 12.1 Å². The van der Waals surface area contributed by atoms with Gasteiger partial charge in [0.25, 0.3) is 0 Å². The predicted molar refractivity (Wildman–Crippen MR) is 71.1 cm³/mol. The van der Waals surface area contributed by atoms with Gasteiger partial charge in [0, 0.05) is 12.1 Å². The average molecular weight is 330 g/mol. The highest BCUT2D eigenvalue weighted by Crippen LogP contribution is 2.27. The Kier molecular flexibility index (Phi) is 4.27. The molecule has 1 nitrogen and oxygen atoms in total. The second-order valence-corrected chi connectivity index (χ2v) is 5.02. The van der Waals surface area contributed by atoms with Crippen molar-refractivity contribution in [3.63, 3.8) is 0 Å². The minimum atomic E-state index is -0.652. The molecule has 100 valence electrons. The van der Waals surface area contributed by atoms with Gasteiger partial charge in [-0.3, -0.25) is 0 Å². The Morgan fingerprint density at radius 3 is 2.32 bits per heavy atom. The van der Waals surface area contributed by atoms with Gasteiger partial charge in [0.05, 0.1) is 4.47 Å². The minimum Gasteiger partial charge on any atom is -0.324 e. The summed E-state index contributed by atoms with van der Waals surface area (Å²) in [5.74, 6) is -1.72. The Morgan fingerprint density at radius 2 is 1.68 bits per heavy atom. The van der Waals surface area contributed by atoms with Crippen molar-refractivity contribution in [3.05, 3.63) is 69.4 Å². The lowest BCUT2D eigenvalue weighted by Crippen LogP contribution is -2.14. The third-order valence-electron chi connectivity index (χ3n) is 2.76. The molecule has 1 atom stereocenters. The van der Waals surface area contributed by atoms with Crippen molar-refractivity contribution in [3.8, 4) is 0 Å². The Balaban J connectivity index is 2.25. The summed E-state index contributed by atoms with van der Waals surface area (Å²) in [6.45, 7) is 0. The van der Waals surface area contributed by atoms with Crippen LogP contribution in [0.3, 0.4) is 0 Å². The van der Waals surface area contributed by atoms with Gasteiger partial charge < -0.3 is 5.73 Å². The summed E-state index contributed by atoms with van der Waals surface area (Å²) in [7, 11) is 0. The standard InChI is InChI=1S/C14H11BrF3N/c15-14-11(2-1-3-12(14)18)13(19)6-8-4-9(16)7-10(17)5-8/h1-5,7,13H,6,19H2. The van der Waals surface area contributed by atoms with E-state index < -0.39 is 23.5 Å². The van der Waals surface area contributed by atoms with Crippen molar-refractivity contribution in [1.29, 1.82) is 0 Å². The lowest BCUT2D eigenvalue weighted by molar-refractivity contribution is 0.575. The summed E-state index contributed by atoms with van der Waals surface area (Å²) in [6, 6.07) is 7.21. The monoisotopic (exact) mass is 329 g/mol. The molecule has 0 aliphatic heterocycles. The summed E-state index contributed by atoms with van der Waals surface area (Å²) >= 11 is 3.12. The van der Waals surface area contributed by atoms with Crippen LogP contribution >= 0.6 is 15.9 Å². The van der Waals surface area contributed by atoms with Crippen LogP contribution in [-0.2, 0) is 6.42 Å². The van der Waals surface area contributed by atoms with E-state index in [0.29, 0.717) is 11.1 Å². The first-order valence-corrected chi connectivity index (χ1v) is 6.41. The van der Waals surface area contributed by atoms with Gasteiger partial charge in [0.2, 0.25) is 0 Å². The van der Waals surface area contributed by atoms with Gasteiger partial charge in [0.15, 0.2) is 0 Å². The van der Waals surface area contributed by atoms with Crippen LogP contribution in [0.5, 0.6) is 0 Å². The fourth-order valence-corrected chi connectivity index (χ4v) is 2.46. The normalized spacial score (nSPS) is 12.5. The largest absolute Gasteiger partial charge is 0.324 e. The maximum Gasteiger partial charge on any atom is 0.137 e. The summed E-state index contributed by atoms with van der Waals surface area (Å²) in [6.07, 6.45) is 0.219. The maximum atomic E-state index is 13.4. The van der Waals surface area contributed by atoms with E-state index in [1.165, 1.54) is 18.2 Å². The van der Waals surface area contributed by atoms with Crippen LogP contribution in [0.15, 0.2) is 40.9 Å². The van der Waals surface area contributed by atoms with Gasteiger partial charge >= 0.3 is 0 Å². The number of halogens is 4. The highest BCUT2D eigenvalue weighted by atomic mass is 79.9. The molecule has 0 aromatic heterocycles. The van der Waals surface area contributed by atoms with Gasteiger partial charge in [-0.05, 0) is 51.7 Å². The topological polar surface area (TPSA) is 26.0 Å². The smallest absolute Gasteiger partial charge is 0.137 e. The quantitative estimate of drug-likeness (QED) is 0.901. The molecule has 0 amide bonds. The second-order valence-electron chi connectivity index (χ2n) is 4.23. The SMILES string of the molecule is NC(Cc1cc(F)cc(F)c1)c1cccc(F)c1Br. The molecule has 0 spiro atoms. The Hall–Kier alpha value is -1.33. The number of benzene rings is 2. The molecule has 1 unspecified atom stereocenters. The zero-order valence-electron chi connectivity index (χ0n) is 9.84. The molecule has 0 saturated heterocycles. The lowest BCUT2D eigenvalue weighted by Gasteiger charge is -2.14.